The van der Waals surface area contributed by atoms with E-state index < -0.39 is 5.69 Å². The van der Waals surface area contributed by atoms with Crippen molar-refractivity contribution < 1.29 is 0 Å². The van der Waals surface area contributed by atoms with Crippen LogP contribution in [-0.2, 0) is 7.05 Å². The molecule has 19 heavy (non-hydrogen) atoms. The highest BCUT2D eigenvalue weighted by molar-refractivity contribution is 9.10. The van der Waals surface area contributed by atoms with E-state index >= 15 is 0 Å². The van der Waals surface area contributed by atoms with Crippen molar-refractivity contribution in [2.24, 2.45) is 12.1 Å². The first kappa shape index (κ1) is 13.8. The van der Waals surface area contributed by atoms with Gasteiger partial charge >= 0.3 is 5.69 Å². The zero-order chi connectivity index (χ0) is 14.0. The van der Waals surface area contributed by atoms with Crippen molar-refractivity contribution in [1.82, 2.24) is 9.55 Å². The van der Waals surface area contributed by atoms with Crippen LogP contribution in [0.2, 0.25) is 0 Å². The van der Waals surface area contributed by atoms with Gasteiger partial charge in [0.1, 0.15) is 5.82 Å². The number of aromatic amines is 1. The molecular weight excluding hydrogens is 332 g/mol. The molecule has 0 aliphatic carbocycles. The average molecular weight is 343 g/mol. The van der Waals surface area contributed by atoms with Gasteiger partial charge in [0.15, 0.2) is 0 Å². The zero-order valence-electron chi connectivity index (χ0n) is 10.3. The summed E-state index contributed by atoms with van der Waals surface area (Å²) in [6.45, 7) is 0. The van der Waals surface area contributed by atoms with Crippen molar-refractivity contribution in [2.75, 3.05) is 12.1 Å². The lowest BCUT2D eigenvalue weighted by atomic mass is 10.5. The van der Waals surface area contributed by atoms with Crippen molar-refractivity contribution in [3.63, 3.8) is 0 Å². The minimum atomic E-state index is -0.469. The molecule has 2 aromatic rings. The molecule has 0 spiro atoms. The Kier molecular flexibility index (Phi) is 4.01. The molecule has 0 saturated heterocycles. The number of nitrogens with zero attached hydrogens (tertiary/aromatic N) is 3. The highest BCUT2D eigenvalue weighted by atomic mass is 79.9. The monoisotopic (exact) mass is 342 g/mol. The van der Waals surface area contributed by atoms with E-state index in [-0.39, 0.29) is 5.56 Å². The molecule has 0 aliphatic rings. The molecule has 6 nitrogen and oxygen atoms in total. The fourth-order valence-corrected chi connectivity index (χ4v) is 2.62. The average Bonchev–Trinajstić information content (AvgIpc) is 2.78. The Morgan fingerprint density at radius 1 is 1.47 bits per heavy atom. The van der Waals surface area contributed by atoms with Crippen molar-refractivity contribution >= 4 is 39.3 Å². The normalized spacial score (nSPS) is 11.1. The Balaban J connectivity index is 2.25. The van der Waals surface area contributed by atoms with Gasteiger partial charge in [0.25, 0.3) is 5.56 Å². The minimum Gasteiger partial charge on any atom is -0.292 e. The number of nitrogens with one attached hydrogen (secondary N) is 1. The van der Waals surface area contributed by atoms with Gasteiger partial charge in [0, 0.05) is 34.9 Å². The third-order valence-corrected chi connectivity index (χ3v) is 4.05. The largest absolute Gasteiger partial charge is 0.329 e. The van der Waals surface area contributed by atoms with Crippen molar-refractivity contribution in [3.05, 3.63) is 47.7 Å². The molecule has 100 valence electrons. The van der Waals surface area contributed by atoms with Gasteiger partial charge in [-0.1, -0.05) is 0 Å². The van der Waals surface area contributed by atoms with Crippen LogP contribution in [0.15, 0.2) is 36.7 Å². The van der Waals surface area contributed by atoms with Gasteiger partial charge in [-0.15, -0.1) is 11.3 Å². The number of thiophene rings is 1. The van der Waals surface area contributed by atoms with Crippen LogP contribution in [0.3, 0.4) is 0 Å². The summed E-state index contributed by atoms with van der Waals surface area (Å²) >= 11 is 4.89. The molecule has 1 N–H and O–H groups in total. The molecule has 0 aliphatic heterocycles. The van der Waals surface area contributed by atoms with Crippen molar-refractivity contribution in [1.29, 1.82) is 0 Å². The lowest BCUT2D eigenvalue weighted by Crippen LogP contribution is -2.33. The molecule has 0 fully saturated rings. The van der Waals surface area contributed by atoms with Gasteiger partial charge in [-0.2, -0.15) is 5.10 Å². The van der Waals surface area contributed by atoms with Gasteiger partial charge in [-0.3, -0.25) is 19.4 Å². The lowest BCUT2D eigenvalue weighted by Gasteiger charge is -2.11. The van der Waals surface area contributed by atoms with Gasteiger partial charge in [0.2, 0.25) is 0 Å². The second-order valence-electron chi connectivity index (χ2n) is 3.79. The van der Waals surface area contributed by atoms with Gasteiger partial charge in [-0.25, -0.2) is 4.79 Å². The topological polar surface area (TPSA) is 70.5 Å². The fraction of sp³-hybridized carbons (Fsp3) is 0.182. The first-order valence-corrected chi connectivity index (χ1v) is 6.97. The van der Waals surface area contributed by atoms with Crippen LogP contribution in [0.25, 0.3) is 0 Å². The fourth-order valence-electron chi connectivity index (χ4n) is 1.32. The number of hydrogen-bond acceptors (Lipinski definition) is 5. The van der Waals surface area contributed by atoms with E-state index in [0.717, 1.165) is 13.9 Å². The number of hydrogen-bond donors (Lipinski definition) is 1. The zero-order valence-corrected chi connectivity index (χ0v) is 12.7. The molecule has 0 saturated carbocycles. The van der Waals surface area contributed by atoms with E-state index in [9.17, 15) is 9.59 Å². The Hall–Kier alpha value is -1.67. The van der Waals surface area contributed by atoms with E-state index in [2.05, 4.69) is 26.0 Å². The number of hydrazone groups is 1. The second kappa shape index (κ2) is 5.54. The van der Waals surface area contributed by atoms with Crippen molar-refractivity contribution in [3.8, 4) is 0 Å². The van der Waals surface area contributed by atoms with Crippen LogP contribution in [0.5, 0.6) is 0 Å². The van der Waals surface area contributed by atoms with Crippen molar-refractivity contribution in [2.45, 2.75) is 0 Å². The molecule has 2 heterocycles. The molecule has 2 aromatic heterocycles. The molecule has 0 unspecified atom stereocenters. The molecule has 0 atom stereocenters. The van der Waals surface area contributed by atoms with E-state index in [0.29, 0.717) is 5.82 Å². The number of halogens is 1. The number of rotatable bonds is 3. The van der Waals surface area contributed by atoms with Gasteiger partial charge < -0.3 is 0 Å². The minimum absolute atomic E-state index is 0.347. The van der Waals surface area contributed by atoms with Crippen LogP contribution in [0.4, 0.5) is 5.82 Å². The Bertz CT molecular complexity index is 700. The van der Waals surface area contributed by atoms with E-state index in [4.69, 9.17) is 0 Å². The smallest absolute Gasteiger partial charge is 0.292 e. The summed E-state index contributed by atoms with van der Waals surface area (Å²) in [5.41, 5.74) is -0.844. The molecule has 0 amide bonds. The first-order chi connectivity index (χ1) is 8.97. The Labute approximate surface area is 121 Å². The molecule has 0 radical (unpaired) electrons. The van der Waals surface area contributed by atoms with E-state index in [1.807, 2.05) is 11.4 Å². The summed E-state index contributed by atoms with van der Waals surface area (Å²) in [6.07, 6.45) is 1.66. The highest BCUT2D eigenvalue weighted by Gasteiger charge is 2.04. The molecular formula is C11H11BrN4O2S. The van der Waals surface area contributed by atoms with Crippen LogP contribution < -0.4 is 16.3 Å². The van der Waals surface area contributed by atoms with E-state index in [1.54, 1.807) is 13.3 Å². The Morgan fingerprint density at radius 2 is 2.21 bits per heavy atom. The quantitative estimate of drug-likeness (QED) is 0.676. The maximum absolute atomic E-state index is 11.5. The number of H-pyrrole nitrogens is 1. The van der Waals surface area contributed by atoms with Gasteiger partial charge in [-0.05, 0) is 22.0 Å². The summed E-state index contributed by atoms with van der Waals surface area (Å²) in [5, 5.41) is 7.56. The summed E-state index contributed by atoms with van der Waals surface area (Å²) in [7, 11) is 3.07. The van der Waals surface area contributed by atoms with Crippen LogP contribution in [-0.4, -0.2) is 22.8 Å². The standard InChI is InChI=1S/C11H11BrN4O2S/c1-15-10(17)4-9(14-11(15)18)16(2)13-5-8-3-7(12)6-19-8/h3-6H,1-2H3,(H,14,18). The molecule has 0 aromatic carbocycles. The maximum atomic E-state index is 11.5. The SMILES string of the molecule is CN(N=Cc1cc(Br)cs1)c1cc(=O)n(C)c(=O)[nH]1. The molecule has 2 rings (SSSR count). The third-order valence-electron chi connectivity index (χ3n) is 2.42. The summed E-state index contributed by atoms with van der Waals surface area (Å²) < 4.78 is 1.99. The third kappa shape index (κ3) is 3.21. The number of aromatic nitrogens is 2. The summed E-state index contributed by atoms with van der Waals surface area (Å²) in [5.74, 6) is 0.347. The van der Waals surface area contributed by atoms with Crippen LogP contribution in [0.1, 0.15) is 4.88 Å². The van der Waals surface area contributed by atoms with Crippen LogP contribution in [0, 0.1) is 0 Å². The number of anilines is 1. The predicted molar refractivity (Wildman–Crippen MR) is 80.3 cm³/mol. The maximum Gasteiger partial charge on any atom is 0.329 e. The molecule has 0 bridgehead atoms. The van der Waals surface area contributed by atoms with Crippen LogP contribution >= 0.6 is 27.3 Å². The predicted octanol–water partition coefficient (Wildman–Crippen LogP) is 1.37. The second-order valence-corrected chi connectivity index (χ2v) is 5.65. The lowest BCUT2D eigenvalue weighted by molar-refractivity contribution is 0.766. The first-order valence-electron chi connectivity index (χ1n) is 5.29. The molecule has 8 heteroatoms. The summed E-state index contributed by atoms with van der Waals surface area (Å²) in [6, 6.07) is 3.25. The van der Waals surface area contributed by atoms with E-state index in [1.165, 1.54) is 29.5 Å². The highest BCUT2D eigenvalue weighted by Crippen LogP contribution is 2.18. The Morgan fingerprint density at radius 3 is 2.79 bits per heavy atom. The summed E-state index contributed by atoms with van der Waals surface area (Å²) in [4.78, 5) is 26.5. The van der Waals surface area contributed by atoms with Gasteiger partial charge in [0.05, 0.1) is 6.21 Å².